The molecule has 13 heavy (non-hydrogen) atoms. The summed E-state index contributed by atoms with van der Waals surface area (Å²) in [6.07, 6.45) is 0.110. The van der Waals surface area contributed by atoms with E-state index in [-0.39, 0.29) is 12.1 Å². The van der Waals surface area contributed by atoms with E-state index >= 15 is 0 Å². The van der Waals surface area contributed by atoms with Crippen LogP contribution in [0.4, 0.5) is 0 Å². The van der Waals surface area contributed by atoms with Crippen molar-refractivity contribution in [1.82, 2.24) is 5.32 Å². The molecule has 0 fully saturated rings. The number of benzene rings is 1. The molecular weight excluding hydrogens is 164 g/mol. The fourth-order valence-corrected chi connectivity index (χ4v) is 1.09. The smallest absolute Gasteiger partial charge is 0.225 e. The highest BCUT2D eigenvalue weighted by molar-refractivity contribution is 5.78. The SMILES string of the molecule is CC(N)NC(=O)Cc1ccccc1. The first-order valence-corrected chi connectivity index (χ1v) is 4.27. The Balaban J connectivity index is 2.46. The van der Waals surface area contributed by atoms with E-state index < -0.39 is 0 Å². The van der Waals surface area contributed by atoms with Crippen LogP contribution in [0.3, 0.4) is 0 Å². The largest absolute Gasteiger partial charge is 0.341 e. The molecule has 0 aliphatic rings. The van der Waals surface area contributed by atoms with Crippen LogP contribution in [-0.2, 0) is 11.2 Å². The molecule has 1 aromatic rings. The number of carbonyl (C=O) groups is 1. The van der Waals surface area contributed by atoms with Crippen molar-refractivity contribution in [3.05, 3.63) is 35.9 Å². The Hall–Kier alpha value is -1.35. The van der Waals surface area contributed by atoms with Gasteiger partial charge in [-0.15, -0.1) is 0 Å². The van der Waals surface area contributed by atoms with E-state index in [1.54, 1.807) is 6.92 Å². The Morgan fingerprint density at radius 3 is 2.62 bits per heavy atom. The molecule has 70 valence electrons. The number of carbonyl (C=O) groups excluding carboxylic acids is 1. The summed E-state index contributed by atoms with van der Waals surface area (Å²) >= 11 is 0. The summed E-state index contributed by atoms with van der Waals surface area (Å²) < 4.78 is 0. The number of rotatable bonds is 3. The van der Waals surface area contributed by atoms with Crippen molar-refractivity contribution in [2.75, 3.05) is 0 Å². The van der Waals surface area contributed by atoms with Gasteiger partial charge in [0.2, 0.25) is 5.91 Å². The van der Waals surface area contributed by atoms with Crippen molar-refractivity contribution < 1.29 is 4.79 Å². The third kappa shape index (κ3) is 3.71. The van der Waals surface area contributed by atoms with E-state index in [1.807, 2.05) is 30.3 Å². The molecule has 1 atom stereocenters. The summed E-state index contributed by atoms with van der Waals surface area (Å²) in [6, 6.07) is 9.58. The molecule has 0 heterocycles. The summed E-state index contributed by atoms with van der Waals surface area (Å²) in [4.78, 5) is 11.2. The van der Waals surface area contributed by atoms with Gasteiger partial charge in [0.05, 0.1) is 12.6 Å². The Morgan fingerprint density at radius 1 is 1.46 bits per heavy atom. The Kier molecular flexibility index (Phi) is 3.46. The summed E-state index contributed by atoms with van der Waals surface area (Å²) in [7, 11) is 0. The normalized spacial score (nSPS) is 12.2. The van der Waals surface area contributed by atoms with E-state index in [2.05, 4.69) is 5.32 Å². The van der Waals surface area contributed by atoms with Crippen LogP contribution in [0, 0.1) is 0 Å². The molecule has 0 radical (unpaired) electrons. The van der Waals surface area contributed by atoms with Gasteiger partial charge in [0.15, 0.2) is 0 Å². The molecule has 3 N–H and O–H groups in total. The molecule has 0 saturated heterocycles. The molecule has 0 aliphatic heterocycles. The van der Waals surface area contributed by atoms with Crippen molar-refractivity contribution in [1.29, 1.82) is 0 Å². The van der Waals surface area contributed by atoms with Gasteiger partial charge in [-0.2, -0.15) is 0 Å². The van der Waals surface area contributed by atoms with Gasteiger partial charge in [-0.25, -0.2) is 0 Å². The van der Waals surface area contributed by atoms with Crippen LogP contribution in [0.25, 0.3) is 0 Å². The maximum absolute atomic E-state index is 11.2. The summed E-state index contributed by atoms with van der Waals surface area (Å²) in [5, 5.41) is 2.63. The van der Waals surface area contributed by atoms with Gasteiger partial charge in [-0.3, -0.25) is 4.79 Å². The molecule has 0 saturated carbocycles. The zero-order valence-corrected chi connectivity index (χ0v) is 7.66. The number of nitrogens with two attached hydrogens (primary N) is 1. The van der Waals surface area contributed by atoms with Crippen LogP contribution in [0.5, 0.6) is 0 Å². The highest BCUT2D eigenvalue weighted by Crippen LogP contribution is 1.98. The van der Waals surface area contributed by atoms with Gasteiger partial charge in [0.25, 0.3) is 0 Å². The lowest BCUT2D eigenvalue weighted by Gasteiger charge is -2.07. The molecule has 1 amide bonds. The van der Waals surface area contributed by atoms with Crippen LogP contribution in [0.2, 0.25) is 0 Å². The molecule has 1 aromatic carbocycles. The molecular formula is C10H14N2O. The van der Waals surface area contributed by atoms with Crippen molar-refractivity contribution >= 4 is 5.91 Å². The second-order valence-electron chi connectivity index (χ2n) is 3.02. The minimum absolute atomic E-state index is 0.0406. The first-order chi connectivity index (χ1) is 6.18. The fourth-order valence-electron chi connectivity index (χ4n) is 1.09. The van der Waals surface area contributed by atoms with Crippen molar-refractivity contribution in [3.63, 3.8) is 0 Å². The van der Waals surface area contributed by atoms with E-state index in [0.717, 1.165) is 5.56 Å². The maximum atomic E-state index is 11.2. The maximum Gasteiger partial charge on any atom is 0.225 e. The fraction of sp³-hybridized carbons (Fsp3) is 0.300. The highest BCUT2D eigenvalue weighted by Gasteiger charge is 2.03. The molecule has 3 heteroatoms. The molecule has 0 aromatic heterocycles. The zero-order chi connectivity index (χ0) is 9.68. The van der Waals surface area contributed by atoms with Crippen LogP contribution in [0.15, 0.2) is 30.3 Å². The first kappa shape index (κ1) is 9.74. The Bertz CT molecular complexity index is 270. The second-order valence-corrected chi connectivity index (χ2v) is 3.02. The molecule has 1 rings (SSSR count). The van der Waals surface area contributed by atoms with Gasteiger partial charge in [0.1, 0.15) is 0 Å². The predicted molar refractivity (Wildman–Crippen MR) is 51.9 cm³/mol. The standard InChI is InChI=1S/C10H14N2O/c1-8(11)12-10(13)7-9-5-3-2-4-6-9/h2-6,8H,7,11H2,1H3,(H,12,13). The third-order valence-corrected chi connectivity index (χ3v) is 1.60. The summed E-state index contributed by atoms with van der Waals surface area (Å²) in [6.45, 7) is 1.74. The number of nitrogens with one attached hydrogen (secondary N) is 1. The zero-order valence-electron chi connectivity index (χ0n) is 7.66. The van der Waals surface area contributed by atoms with E-state index in [9.17, 15) is 4.79 Å². The first-order valence-electron chi connectivity index (χ1n) is 4.27. The van der Waals surface area contributed by atoms with Crippen LogP contribution < -0.4 is 11.1 Å². The minimum Gasteiger partial charge on any atom is -0.341 e. The van der Waals surface area contributed by atoms with Crippen LogP contribution in [0.1, 0.15) is 12.5 Å². The van der Waals surface area contributed by atoms with Gasteiger partial charge in [0, 0.05) is 0 Å². The van der Waals surface area contributed by atoms with E-state index in [1.165, 1.54) is 0 Å². The monoisotopic (exact) mass is 178 g/mol. The van der Waals surface area contributed by atoms with Crippen LogP contribution >= 0.6 is 0 Å². The quantitative estimate of drug-likeness (QED) is 0.668. The van der Waals surface area contributed by atoms with Crippen molar-refractivity contribution in [2.24, 2.45) is 5.73 Å². The predicted octanol–water partition coefficient (Wildman–Crippen LogP) is 0.650. The topological polar surface area (TPSA) is 55.1 Å². The molecule has 1 unspecified atom stereocenters. The number of hydrogen-bond acceptors (Lipinski definition) is 2. The third-order valence-electron chi connectivity index (χ3n) is 1.60. The van der Waals surface area contributed by atoms with E-state index in [0.29, 0.717) is 6.42 Å². The van der Waals surface area contributed by atoms with Crippen LogP contribution in [-0.4, -0.2) is 12.1 Å². The lowest BCUT2D eigenvalue weighted by atomic mass is 10.1. The molecule has 0 aliphatic carbocycles. The lowest BCUT2D eigenvalue weighted by molar-refractivity contribution is -0.120. The number of hydrogen-bond donors (Lipinski definition) is 2. The summed E-state index contributed by atoms with van der Waals surface area (Å²) in [5.74, 6) is -0.0406. The second kappa shape index (κ2) is 4.62. The number of amides is 1. The van der Waals surface area contributed by atoms with Gasteiger partial charge < -0.3 is 11.1 Å². The summed E-state index contributed by atoms with van der Waals surface area (Å²) in [5.41, 5.74) is 6.42. The minimum atomic E-state index is -0.281. The highest BCUT2D eigenvalue weighted by atomic mass is 16.1. The average molecular weight is 178 g/mol. The van der Waals surface area contributed by atoms with Gasteiger partial charge in [-0.05, 0) is 12.5 Å². The van der Waals surface area contributed by atoms with Gasteiger partial charge in [-0.1, -0.05) is 30.3 Å². The van der Waals surface area contributed by atoms with Crippen molar-refractivity contribution in [2.45, 2.75) is 19.5 Å². The molecule has 0 bridgehead atoms. The van der Waals surface area contributed by atoms with Gasteiger partial charge >= 0.3 is 0 Å². The average Bonchev–Trinajstić information content (AvgIpc) is 2.04. The van der Waals surface area contributed by atoms with E-state index in [4.69, 9.17) is 5.73 Å². The van der Waals surface area contributed by atoms with Crippen molar-refractivity contribution in [3.8, 4) is 0 Å². The molecule has 0 spiro atoms. The molecule has 3 nitrogen and oxygen atoms in total. The Labute approximate surface area is 77.9 Å². The lowest BCUT2D eigenvalue weighted by Crippen LogP contribution is -2.39. The Morgan fingerprint density at radius 2 is 2.08 bits per heavy atom.